The highest BCUT2D eigenvalue weighted by atomic mass is 32.3. The van der Waals surface area contributed by atoms with Gasteiger partial charge in [0.2, 0.25) is 10.0 Å². The molecule has 1 atom stereocenters. The van der Waals surface area contributed by atoms with E-state index >= 15 is 0 Å². The van der Waals surface area contributed by atoms with E-state index < -0.39 is 31.1 Å². The van der Waals surface area contributed by atoms with E-state index in [1.165, 1.54) is 7.05 Å². The number of sulfonamides is 1. The van der Waals surface area contributed by atoms with Crippen molar-refractivity contribution in [2.75, 3.05) is 13.6 Å². The molecule has 0 aliphatic carbocycles. The lowest BCUT2D eigenvalue weighted by Gasteiger charge is -2.18. The molecule has 0 heterocycles. The average molecular weight is 320 g/mol. The summed E-state index contributed by atoms with van der Waals surface area (Å²) in [5.41, 5.74) is 0. The Morgan fingerprint density at radius 1 is 1.30 bits per heavy atom. The quantitative estimate of drug-likeness (QED) is 0.758. The Balaban J connectivity index is 3.21. The second kappa shape index (κ2) is 5.87. The van der Waals surface area contributed by atoms with Crippen LogP contribution in [0.1, 0.15) is 6.92 Å². The lowest BCUT2D eigenvalue weighted by molar-refractivity contribution is 0.439. The molecular weight excluding hydrogens is 307 g/mol. The van der Waals surface area contributed by atoms with Crippen LogP contribution >= 0.6 is 0 Å². The summed E-state index contributed by atoms with van der Waals surface area (Å²) in [4.78, 5) is -1.07. The number of hydrogen-bond donors (Lipinski definition) is 0. The lowest BCUT2D eigenvalue weighted by Crippen LogP contribution is -2.30. The van der Waals surface area contributed by atoms with Gasteiger partial charge in [-0.2, -0.15) is 18.0 Å². The number of hydrogen-bond acceptors (Lipinski definition) is 5. The van der Waals surface area contributed by atoms with Gasteiger partial charge in [0.1, 0.15) is 0 Å². The van der Waals surface area contributed by atoms with Gasteiger partial charge >= 0.3 is 10.2 Å². The molecule has 9 heteroatoms. The van der Waals surface area contributed by atoms with Crippen molar-refractivity contribution in [1.82, 2.24) is 4.31 Å². The van der Waals surface area contributed by atoms with Crippen LogP contribution < -0.4 is 0 Å². The zero-order valence-electron chi connectivity index (χ0n) is 10.8. The Bertz CT molecular complexity index is 738. The van der Waals surface area contributed by atoms with E-state index in [0.29, 0.717) is 0 Å². The predicted octanol–water partition coefficient (Wildman–Crippen LogP) is 1.12. The van der Waals surface area contributed by atoms with Gasteiger partial charge in [-0.3, -0.25) is 0 Å². The summed E-state index contributed by atoms with van der Waals surface area (Å²) < 4.78 is 59.7. The second-order valence-electron chi connectivity index (χ2n) is 4.23. The van der Waals surface area contributed by atoms with Crippen LogP contribution in [0.25, 0.3) is 0 Å². The highest BCUT2D eigenvalue weighted by Crippen LogP contribution is 2.20. The molecule has 1 unspecified atom stereocenters. The molecule has 0 aromatic heterocycles. The minimum atomic E-state index is -4.97. The Hall–Kier alpha value is -1.50. The van der Waals surface area contributed by atoms with Crippen LogP contribution in [0.5, 0.6) is 0 Å². The molecule has 0 N–H and O–H groups in total. The first kappa shape index (κ1) is 16.6. The molecule has 20 heavy (non-hydrogen) atoms. The van der Waals surface area contributed by atoms with Crippen molar-refractivity contribution in [3.05, 3.63) is 24.3 Å². The summed E-state index contributed by atoms with van der Waals surface area (Å²) in [5.74, 6) is -0.525. The molecule has 1 aromatic carbocycles. The van der Waals surface area contributed by atoms with Crippen molar-refractivity contribution in [2.45, 2.75) is 16.7 Å². The van der Waals surface area contributed by atoms with Gasteiger partial charge in [-0.1, -0.05) is 6.07 Å². The normalized spacial score (nSPS) is 13.9. The Kier molecular flexibility index (Phi) is 4.86. The van der Waals surface area contributed by atoms with Gasteiger partial charge in [0, 0.05) is 13.6 Å². The Morgan fingerprint density at radius 3 is 2.35 bits per heavy atom. The van der Waals surface area contributed by atoms with Crippen LogP contribution in [0.3, 0.4) is 0 Å². The number of benzene rings is 1. The van der Waals surface area contributed by atoms with Gasteiger partial charge in [-0.05, 0) is 25.1 Å². The van der Waals surface area contributed by atoms with Gasteiger partial charge in [-0.25, -0.2) is 8.42 Å². The zero-order valence-corrected chi connectivity index (χ0v) is 12.4. The summed E-state index contributed by atoms with van der Waals surface area (Å²) >= 11 is 0. The van der Waals surface area contributed by atoms with Crippen molar-refractivity contribution >= 4 is 20.2 Å². The fourth-order valence-corrected chi connectivity index (χ4v) is 3.38. The second-order valence-corrected chi connectivity index (χ2v) is 7.62. The maximum Gasteiger partial charge on any atom is 0.332 e. The number of nitriles is 1. The van der Waals surface area contributed by atoms with Crippen molar-refractivity contribution in [3.8, 4) is 6.07 Å². The third kappa shape index (κ3) is 3.75. The van der Waals surface area contributed by atoms with Crippen molar-refractivity contribution in [1.29, 1.82) is 5.26 Å². The summed E-state index contributed by atoms with van der Waals surface area (Å²) in [6, 6.07) is 5.91. The molecule has 1 rings (SSSR count). The maximum atomic E-state index is 12.9. The number of halogens is 1. The monoisotopic (exact) mass is 320 g/mol. The topological polar surface area (TPSA) is 95.3 Å². The van der Waals surface area contributed by atoms with Crippen molar-refractivity contribution in [3.63, 3.8) is 0 Å². The largest absolute Gasteiger partial charge is 0.332 e. The molecule has 1 aromatic rings. The Labute approximate surface area is 117 Å². The molecule has 0 saturated carbocycles. The zero-order chi connectivity index (χ0) is 15.6. The van der Waals surface area contributed by atoms with Crippen LogP contribution in [-0.4, -0.2) is 34.7 Å². The molecule has 0 saturated heterocycles. The van der Waals surface area contributed by atoms with Crippen molar-refractivity contribution in [2.24, 2.45) is 5.92 Å². The molecule has 110 valence electrons. The average Bonchev–Trinajstić information content (AvgIpc) is 2.37. The highest BCUT2D eigenvalue weighted by Gasteiger charge is 2.24. The highest BCUT2D eigenvalue weighted by molar-refractivity contribution is 7.89. The first-order valence-electron chi connectivity index (χ1n) is 5.49. The predicted molar refractivity (Wildman–Crippen MR) is 69.3 cm³/mol. The maximum absolute atomic E-state index is 12.9. The van der Waals surface area contributed by atoms with Crippen LogP contribution in [0.15, 0.2) is 34.1 Å². The third-order valence-electron chi connectivity index (χ3n) is 2.55. The standard InChI is InChI=1S/C11H13FN2O4S2/c1-9(7-13)8-14(2)20(17,18)11-5-3-4-10(6-11)19(12,15)16/h3-6,9H,8H2,1-2H3. The van der Waals surface area contributed by atoms with Crippen LogP contribution in [-0.2, 0) is 20.2 Å². The van der Waals surface area contributed by atoms with E-state index in [2.05, 4.69) is 0 Å². The minimum Gasteiger partial charge on any atom is -0.207 e. The summed E-state index contributed by atoms with van der Waals surface area (Å²) in [7, 11) is -7.69. The van der Waals surface area contributed by atoms with Crippen molar-refractivity contribution < 1.29 is 20.7 Å². The lowest BCUT2D eigenvalue weighted by atomic mass is 10.2. The van der Waals surface area contributed by atoms with Gasteiger partial charge < -0.3 is 0 Å². The van der Waals surface area contributed by atoms with Crippen LogP contribution in [0.4, 0.5) is 3.89 Å². The molecule has 0 aliphatic heterocycles. The number of rotatable bonds is 5. The van der Waals surface area contributed by atoms with Crippen LogP contribution in [0, 0.1) is 17.2 Å². The van der Waals surface area contributed by atoms with Gasteiger partial charge in [0.25, 0.3) is 0 Å². The molecule has 0 spiro atoms. The minimum absolute atomic E-state index is 0.0502. The first-order valence-corrected chi connectivity index (χ1v) is 8.32. The molecule has 0 bridgehead atoms. The molecule has 0 amide bonds. The molecule has 6 nitrogen and oxygen atoms in total. The fraction of sp³-hybridized carbons (Fsp3) is 0.364. The summed E-state index contributed by atoms with van der Waals surface area (Å²) in [5, 5.41) is 8.67. The SMILES string of the molecule is CC(C#N)CN(C)S(=O)(=O)c1cccc(S(=O)(=O)F)c1. The van der Waals surface area contributed by atoms with E-state index in [4.69, 9.17) is 5.26 Å². The molecule has 0 aliphatic rings. The molecule has 0 fully saturated rings. The van der Waals surface area contributed by atoms with Gasteiger partial charge in [-0.15, -0.1) is 3.89 Å². The number of nitrogens with zero attached hydrogens (tertiary/aromatic N) is 2. The van der Waals surface area contributed by atoms with E-state index in [9.17, 15) is 20.7 Å². The van der Waals surface area contributed by atoms with Gasteiger partial charge in [0.15, 0.2) is 0 Å². The molecule has 0 radical (unpaired) electrons. The Morgan fingerprint density at radius 2 is 1.85 bits per heavy atom. The summed E-state index contributed by atoms with van der Waals surface area (Å²) in [6.45, 7) is 1.50. The molecular formula is C11H13FN2O4S2. The smallest absolute Gasteiger partial charge is 0.207 e. The van der Waals surface area contributed by atoms with Crippen LogP contribution in [0.2, 0.25) is 0 Å². The fourth-order valence-electron chi connectivity index (χ4n) is 1.49. The first-order chi connectivity index (χ1) is 9.09. The van der Waals surface area contributed by atoms with E-state index in [1.807, 2.05) is 6.07 Å². The third-order valence-corrected chi connectivity index (χ3v) is 5.18. The van der Waals surface area contributed by atoms with E-state index in [-0.39, 0.29) is 11.4 Å². The summed E-state index contributed by atoms with van der Waals surface area (Å²) in [6.07, 6.45) is 0. The van der Waals surface area contributed by atoms with E-state index in [1.54, 1.807) is 6.92 Å². The van der Waals surface area contributed by atoms with E-state index in [0.717, 1.165) is 28.6 Å². The van der Waals surface area contributed by atoms with Gasteiger partial charge in [0.05, 0.1) is 21.8 Å².